The molecule has 0 amide bonds. The van der Waals surface area contributed by atoms with Crippen molar-refractivity contribution in [3.05, 3.63) is 34.6 Å². The second kappa shape index (κ2) is 7.19. The van der Waals surface area contributed by atoms with E-state index in [1.54, 1.807) is 0 Å². The Kier molecular flexibility index (Phi) is 6.06. The molecule has 0 aliphatic carbocycles. The van der Waals surface area contributed by atoms with Crippen LogP contribution in [0.15, 0.2) is 0 Å². The highest BCUT2D eigenvalue weighted by molar-refractivity contribution is 5.98. The molecule has 0 unspecified atom stereocenters. The molecule has 0 fully saturated rings. The van der Waals surface area contributed by atoms with Gasteiger partial charge < -0.3 is 9.16 Å². The van der Waals surface area contributed by atoms with Gasteiger partial charge in [-0.05, 0) is 26.7 Å². The largest absolute Gasteiger partial charge is 0.462 e. The van der Waals surface area contributed by atoms with E-state index >= 15 is 0 Å². The molecule has 124 valence electrons. The molecule has 1 rings (SSSR count). The van der Waals surface area contributed by atoms with E-state index in [2.05, 4.69) is 4.74 Å². The van der Waals surface area contributed by atoms with Crippen molar-refractivity contribution in [2.24, 2.45) is 0 Å². The van der Waals surface area contributed by atoms with Crippen LogP contribution < -0.4 is 0 Å². The molecule has 0 saturated carbocycles. The van der Waals surface area contributed by atoms with E-state index in [4.69, 9.17) is 4.43 Å². The first kappa shape index (κ1) is 18.6. The molecular weight excluding hydrogens is 327 g/mol. The predicted molar refractivity (Wildman–Crippen MR) is 70.9 cm³/mol. The van der Waals surface area contributed by atoms with E-state index in [1.807, 2.05) is 13.8 Å². The molecule has 0 aliphatic heterocycles. The first-order valence-electron chi connectivity index (χ1n) is 6.36. The molecule has 0 aromatic heterocycles. The summed E-state index contributed by atoms with van der Waals surface area (Å²) in [5.41, 5.74) is -2.02. The molecule has 0 saturated heterocycles. The van der Waals surface area contributed by atoms with Crippen molar-refractivity contribution in [3.63, 3.8) is 0 Å². The highest BCUT2D eigenvalue weighted by atomic mass is 28.2. The summed E-state index contributed by atoms with van der Waals surface area (Å²) in [6, 6.07) is 0. The van der Waals surface area contributed by atoms with E-state index in [9.17, 15) is 26.7 Å². The molecule has 1 aromatic rings. The summed E-state index contributed by atoms with van der Waals surface area (Å²) in [6.45, 7) is 3.39. The van der Waals surface area contributed by atoms with E-state index < -0.39 is 46.2 Å². The molecule has 0 atom stereocenters. The van der Waals surface area contributed by atoms with Crippen molar-refractivity contribution in [2.45, 2.75) is 32.3 Å². The third-order valence-electron chi connectivity index (χ3n) is 3.12. The van der Waals surface area contributed by atoms with Gasteiger partial charge >= 0.3 is 5.97 Å². The van der Waals surface area contributed by atoms with Gasteiger partial charge in [-0.3, -0.25) is 0 Å². The minimum absolute atomic E-state index is 0.229. The number of hydrogen-bond acceptors (Lipinski definition) is 3. The quantitative estimate of drug-likeness (QED) is 0.199. The van der Waals surface area contributed by atoms with Crippen LogP contribution in [0.1, 0.15) is 37.0 Å². The number of benzene rings is 1. The summed E-state index contributed by atoms with van der Waals surface area (Å²) < 4.78 is 75.3. The number of carbonyl (C=O) groups is 1. The van der Waals surface area contributed by atoms with E-state index in [0.29, 0.717) is 23.3 Å². The third kappa shape index (κ3) is 4.04. The maximum Gasteiger partial charge on any atom is 0.344 e. The summed E-state index contributed by atoms with van der Waals surface area (Å²) in [6.07, 6.45) is 0.817. The van der Waals surface area contributed by atoms with E-state index in [1.165, 1.54) is 0 Å². The summed E-state index contributed by atoms with van der Waals surface area (Å²) in [5.74, 6) is -12.7. The van der Waals surface area contributed by atoms with Gasteiger partial charge in [0.1, 0.15) is 16.0 Å². The van der Waals surface area contributed by atoms with Crippen LogP contribution in [0.2, 0.25) is 0 Å². The topological polar surface area (TPSA) is 35.5 Å². The molecule has 0 heterocycles. The van der Waals surface area contributed by atoms with Gasteiger partial charge in [0.2, 0.25) is 5.82 Å². The number of halogens is 5. The molecule has 0 radical (unpaired) electrons. The highest BCUT2D eigenvalue weighted by Gasteiger charge is 2.30. The zero-order valence-corrected chi connectivity index (χ0v) is 14.2. The fraction of sp³-hybridized carbons (Fsp3) is 0.462. The molecular formula is C13H15F5O3Si. The fourth-order valence-electron chi connectivity index (χ4n) is 1.62. The van der Waals surface area contributed by atoms with Gasteiger partial charge in [-0.1, -0.05) is 0 Å². The first-order valence-corrected chi connectivity index (χ1v) is 7.17. The Morgan fingerprint density at radius 2 is 1.45 bits per heavy atom. The second-order valence-electron chi connectivity index (χ2n) is 5.15. The maximum atomic E-state index is 13.4. The molecule has 0 aliphatic rings. The Bertz CT molecular complexity index is 548. The average molecular weight is 342 g/mol. The van der Waals surface area contributed by atoms with Gasteiger partial charge in [0, 0.05) is 5.60 Å². The smallest absolute Gasteiger partial charge is 0.344 e. The lowest BCUT2D eigenvalue weighted by atomic mass is 10.0. The van der Waals surface area contributed by atoms with Gasteiger partial charge in [-0.15, -0.1) is 0 Å². The highest BCUT2D eigenvalue weighted by Crippen LogP contribution is 2.24. The van der Waals surface area contributed by atoms with Gasteiger partial charge in [0.15, 0.2) is 23.3 Å². The van der Waals surface area contributed by atoms with Crippen LogP contribution in [-0.4, -0.2) is 28.7 Å². The molecule has 9 heteroatoms. The number of esters is 1. The minimum Gasteiger partial charge on any atom is -0.462 e. The Balaban J connectivity index is 2.79. The number of rotatable bonds is 6. The lowest BCUT2D eigenvalue weighted by molar-refractivity contribution is 0.0435. The zero-order chi connectivity index (χ0) is 17.1. The maximum absolute atomic E-state index is 13.4. The molecule has 0 spiro atoms. The van der Waals surface area contributed by atoms with Crippen molar-refractivity contribution in [1.82, 2.24) is 0 Å². The van der Waals surface area contributed by atoms with Gasteiger partial charge in [0.25, 0.3) is 0 Å². The van der Waals surface area contributed by atoms with Crippen LogP contribution in [0.5, 0.6) is 0 Å². The zero-order valence-electron chi connectivity index (χ0n) is 12.2. The standard InChI is InChI=1S/C13H15F5O3Si/c1-13(2,21-22)4-3-5-20-12(19)6-7(14)9(16)11(18)10(17)8(6)15/h3-5H2,1-2,22H3. The SMILES string of the molecule is CC(C)(CCCOC(=O)c1c(F)c(F)c(F)c(F)c1F)O[SiH3]. The fourth-order valence-corrected chi connectivity index (χ4v) is 1.83. The Labute approximate surface area is 126 Å². The monoisotopic (exact) mass is 342 g/mol. The van der Waals surface area contributed by atoms with Crippen LogP contribution in [0.3, 0.4) is 0 Å². The van der Waals surface area contributed by atoms with Crippen LogP contribution in [0, 0.1) is 29.1 Å². The van der Waals surface area contributed by atoms with Crippen LogP contribution in [-0.2, 0) is 9.16 Å². The normalized spacial score (nSPS) is 11.8. The van der Waals surface area contributed by atoms with Crippen LogP contribution in [0.4, 0.5) is 22.0 Å². The third-order valence-corrected chi connectivity index (χ3v) is 4.23. The van der Waals surface area contributed by atoms with Gasteiger partial charge in [-0.2, -0.15) is 0 Å². The lowest BCUT2D eigenvalue weighted by Crippen LogP contribution is -2.24. The van der Waals surface area contributed by atoms with Crippen molar-refractivity contribution < 1.29 is 35.9 Å². The summed E-state index contributed by atoms with van der Waals surface area (Å²) in [4.78, 5) is 11.5. The van der Waals surface area contributed by atoms with Gasteiger partial charge in [0.05, 0.1) is 6.61 Å². The lowest BCUT2D eigenvalue weighted by Gasteiger charge is -2.23. The minimum atomic E-state index is -2.32. The van der Waals surface area contributed by atoms with Crippen LogP contribution in [0.25, 0.3) is 0 Å². The number of hydrogen-bond donors (Lipinski definition) is 0. The average Bonchev–Trinajstić information content (AvgIpc) is 2.48. The molecule has 0 bridgehead atoms. The Morgan fingerprint density at radius 1 is 1.00 bits per heavy atom. The molecule has 3 nitrogen and oxygen atoms in total. The number of ether oxygens (including phenoxy) is 1. The van der Waals surface area contributed by atoms with E-state index in [0.717, 1.165) is 0 Å². The number of carbonyl (C=O) groups excluding carboxylic acids is 1. The van der Waals surface area contributed by atoms with Crippen molar-refractivity contribution in [3.8, 4) is 0 Å². The first-order chi connectivity index (χ1) is 10.1. The molecule has 0 N–H and O–H groups in total. The van der Waals surface area contributed by atoms with Gasteiger partial charge in [-0.25, -0.2) is 26.7 Å². The second-order valence-corrected chi connectivity index (χ2v) is 5.56. The summed E-state index contributed by atoms with van der Waals surface area (Å²) >= 11 is 0. The molecule has 22 heavy (non-hydrogen) atoms. The van der Waals surface area contributed by atoms with Crippen molar-refractivity contribution in [2.75, 3.05) is 6.61 Å². The molecule has 1 aromatic carbocycles. The summed E-state index contributed by atoms with van der Waals surface area (Å²) in [5, 5.41) is 0. The van der Waals surface area contributed by atoms with E-state index in [-0.39, 0.29) is 6.61 Å². The summed E-state index contributed by atoms with van der Waals surface area (Å²) in [7, 11) is 0.511. The van der Waals surface area contributed by atoms with Crippen molar-refractivity contribution in [1.29, 1.82) is 0 Å². The van der Waals surface area contributed by atoms with Crippen LogP contribution >= 0.6 is 0 Å². The Hall–Kier alpha value is -1.48. The predicted octanol–water partition coefficient (Wildman–Crippen LogP) is 2.39. The van der Waals surface area contributed by atoms with Crippen molar-refractivity contribution >= 4 is 16.5 Å². The Morgan fingerprint density at radius 3 is 1.91 bits per heavy atom.